The molecule has 104 valence electrons. The van der Waals surface area contributed by atoms with E-state index in [1.807, 2.05) is 0 Å². The number of carbonyl (C=O) groups excluding carboxylic acids is 1. The first-order chi connectivity index (χ1) is 9.38. The third kappa shape index (κ3) is 3.14. The van der Waals surface area contributed by atoms with Crippen LogP contribution in [0.5, 0.6) is 11.6 Å². The Bertz CT molecular complexity index is 624. The number of aromatic nitrogens is 1. The van der Waals surface area contributed by atoms with E-state index in [-0.39, 0.29) is 5.88 Å². The lowest BCUT2D eigenvalue weighted by Crippen LogP contribution is -2.14. The number of hydrogen-bond acceptors (Lipinski definition) is 3. The molecule has 0 bridgehead atoms. The highest BCUT2D eigenvalue weighted by molar-refractivity contribution is 5.95. The van der Waals surface area contributed by atoms with Crippen LogP contribution < -0.4 is 4.74 Å². The number of hydrogen-bond donors (Lipinski definition) is 0. The monoisotopic (exact) mass is 281 g/mol. The second kappa shape index (κ2) is 5.32. The molecule has 2 aromatic rings. The number of Topliss-reactive ketones (excluding diaryl/α,β-unsaturated/α-hetero) is 1. The SMILES string of the molecule is CC(=O)c1ccc(Oc2ccccc2)nc1C(F)(F)F. The molecule has 1 aromatic carbocycles. The zero-order valence-electron chi connectivity index (χ0n) is 10.4. The van der Waals surface area contributed by atoms with Crippen molar-refractivity contribution >= 4 is 5.78 Å². The standard InChI is InChI=1S/C14H10F3NO2/c1-9(19)11-7-8-12(18-13(11)14(15,16)17)20-10-5-3-2-4-6-10/h2-8H,1H3. The van der Waals surface area contributed by atoms with Crippen LogP contribution in [-0.2, 0) is 6.18 Å². The number of alkyl halides is 3. The quantitative estimate of drug-likeness (QED) is 0.795. The summed E-state index contributed by atoms with van der Waals surface area (Å²) in [7, 11) is 0. The molecule has 0 spiro atoms. The van der Waals surface area contributed by atoms with Gasteiger partial charge in [-0.25, -0.2) is 4.98 Å². The van der Waals surface area contributed by atoms with Gasteiger partial charge in [-0.05, 0) is 25.1 Å². The Kier molecular flexibility index (Phi) is 3.74. The molecule has 0 atom stereocenters. The van der Waals surface area contributed by atoms with Gasteiger partial charge in [-0.3, -0.25) is 4.79 Å². The minimum atomic E-state index is -4.71. The maximum absolute atomic E-state index is 12.9. The van der Waals surface area contributed by atoms with Crippen molar-refractivity contribution in [2.24, 2.45) is 0 Å². The van der Waals surface area contributed by atoms with Gasteiger partial charge in [-0.15, -0.1) is 0 Å². The Hall–Kier alpha value is -2.37. The largest absolute Gasteiger partial charge is 0.439 e. The fraction of sp³-hybridized carbons (Fsp3) is 0.143. The van der Waals surface area contributed by atoms with Crippen molar-refractivity contribution in [3.8, 4) is 11.6 Å². The van der Waals surface area contributed by atoms with E-state index in [2.05, 4.69) is 4.98 Å². The van der Waals surface area contributed by atoms with Gasteiger partial charge in [-0.1, -0.05) is 18.2 Å². The summed E-state index contributed by atoms with van der Waals surface area (Å²) in [4.78, 5) is 14.6. The lowest BCUT2D eigenvalue weighted by atomic mass is 10.1. The molecular weight excluding hydrogens is 271 g/mol. The second-order valence-corrected chi connectivity index (χ2v) is 4.01. The average Bonchev–Trinajstić information content (AvgIpc) is 2.38. The fourth-order valence-electron chi connectivity index (χ4n) is 1.61. The van der Waals surface area contributed by atoms with Crippen molar-refractivity contribution < 1.29 is 22.7 Å². The number of nitrogens with zero attached hydrogens (tertiary/aromatic N) is 1. The highest BCUT2D eigenvalue weighted by Crippen LogP contribution is 2.33. The molecule has 3 nitrogen and oxygen atoms in total. The molecule has 1 aromatic heterocycles. The number of ketones is 1. The van der Waals surface area contributed by atoms with Crippen LogP contribution in [0, 0.1) is 0 Å². The molecule has 0 saturated heterocycles. The molecule has 0 saturated carbocycles. The topological polar surface area (TPSA) is 39.2 Å². The summed E-state index contributed by atoms with van der Waals surface area (Å²) in [5, 5.41) is 0. The summed E-state index contributed by atoms with van der Waals surface area (Å²) in [6.07, 6.45) is -4.71. The van der Waals surface area contributed by atoms with Crippen LogP contribution in [0.1, 0.15) is 23.0 Å². The van der Waals surface area contributed by atoms with Crippen molar-refractivity contribution in [1.82, 2.24) is 4.98 Å². The maximum Gasteiger partial charge on any atom is 0.434 e. The van der Waals surface area contributed by atoms with E-state index >= 15 is 0 Å². The Morgan fingerprint density at radius 2 is 1.75 bits per heavy atom. The Morgan fingerprint density at radius 3 is 2.30 bits per heavy atom. The number of pyridine rings is 1. The van der Waals surface area contributed by atoms with Gasteiger partial charge in [0.25, 0.3) is 0 Å². The normalized spacial score (nSPS) is 11.2. The first-order valence-corrected chi connectivity index (χ1v) is 5.70. The van der Waals surface area contributed by atoms with Crippen molar-refractivity contribution in [2.45, 2.75) is 13.1 Å². The first kappa shape index (κ1) is 14.0. The van der Waals surface area contributed by atoms with Gasteiger partial charge in [0.05, 0.1) is 0 Å². The smallest absolute Gasteiger partial charge is 0.434 e. The summed E-state index contributed by atoms with van der Waals surface area (Å²) in [5.41, 5.74) is -1.71. The molecule has 0 aliphatic rings. The van der Waals surface area contributed by atoms with Crippen LogP contribution >= 0.6 is 0 Å². The van der Waals surface area contributed by atoms with Crippen molar-refractivity contribution in [3.05, 3.63) is 53.7 Å². The highest BCUT2D eigenvalue weighted by atomic mass is 19.4. The molecule has 20 heavy (non-hydrogen) atoms. The molecule has 6 heteroatoms. The zero-order chi connectivity index (χ0) is 14.8. The molecule has 0 aliphatic heterocycles. The third-order valence-electron chi connectivity index (χ3n) is 2.48. The van der Waals surface area contributed by atoms with Gasteiger partial charge in [0.2, 0.25) is 5.88 Å². The van der Waals surface area contributed by atoms with E-state index in [0.29, 0.717) is 5.75 Å². The number of halogens is 3. The highest BCUT2D eigenvalue weighted by Gasteiger charge is 2.37. The van der Waals surface area contributed by atoms with E-state index in [9.17, 15) is 18.0 Å². The van der Waals surface area contributed by atoms with Crippen LogP contribution in [-0.4, -0.2) is 10.8 Å². The van der Waals surface area contributed by atoms with Crippen LogP contribution in [0.25, 0.3) is 0 Å². The van der Waals surface area contributed by atoms with E-state index in [4.69, 9.17) is 4.74 Å². The summed E-state index contributed by atoms with van der Waals surface area (Å²) in [5.74, 6) is -0.548. The van der Waals surface area contributed by atoms with Gasteiger partial charge in [-0.2, -0.15) is 13.2 Å². The third-order valence-corrected chi connectivity index (χ3v) is 2.48. The van der Waals surface area contributed by atoms with Crippen molar-refractivity contribution in [2.75, 3.05) is 0 Å². The average molecular weight is 281 g/mol. The Labute approximate surface area is 113 Å². The Morgan fingerprint density at radius 1 is 1.10 bits per heavy atom. The lowest BCUT2D eigenvalue weighted by molar-refractivity contribution is -0.141. The molecular formula is C14H10F3NO2. The predicted molar refractivity (Wildman–Crippen MR) is 65.8 cm³/mol. The molecule has 0 fully saturated rings. The van der Waals surface area contributed by atoms with Crippen LogP contribution in [0.15, 0.2) is 42.5 Å². The van der Waals surface area contributed by atoms with Crippen molar-refractivity contribution in [3.63, 3.8) is 0 Å². The van der Waals surface area contributed by atoms with Gasteiger partial charge in [0.1, 0.15) is 5.75 Å². The maximum atomic E-state index is 12.9. The number of carbonyl (C=O) groups is 1. The Balaban J connectivity index is 2.40. The molecule has 0 N–H and O–H groups in total. The van der Waals surface area contributed by atoms with Crippen molar-refractivity contribution in [1.29, 1.82) is 0 Å². The predicted octanol–water partition coefficient (Wildman–Crippen LogP) is 4.10. The summed E-state index contributed by atoms with van der Waals surface area (Å²) >= 11 is 0. The minimum Gasteiger partial charge on any atom is -0.439 e. The number of benzene rings is 1. The lowest BCUT2D eigenvalue weighted by Gasteiger charge is -2.12. The first-order valence-electron chi connectivity index (χ1n) is 5.70. The number of rotatable bonds is 3. The van der Waals surface area contributed by atoms with E-state index in [1.54, 1.807) is 30.3 Å². The van der Waals surface area contributed by atoms with E-state index in [0.717, 1.165) is 13.0 Å². The van der Waals surface area contributed by atoms with Crippen LogP contribution in [0.2, 0.25) is 0 Å². The zero-order valence-corrected chi connectivity index (χ0v) is 10.4. The molecule has 0 aliphatic carbocycles. The summed E-state index contributed by atoms with van der Waals surface area (Å²) < 4.78 is 43.8. The molecule has 1 heterocycles. The van der Waals surface area contributed by atoms with Gasteiger partial charge >= 0.3 is 6.18 Å². The molecule has 2 rings (SSSR count). The van der Waals surface area contributed by atoms with Gasteiger partial charge < -0.3 is 4.74 Å². The van der Waals surface area contributed by atoms with Crippen LogP contribution in [0.3, 0.4) is 0 Å². The minimum absolute atomic E-state index is 0.214. The van der Waals surface area contributed by atoms with Gasteiger partial charge in [0, 0.05) is 11.6 Å². The number of para-hydroxylation sites is 1. The molecule has 0 amide bonds. The summed E-state index contributed by atoms with van der Waals surface area (Å²) in [6, 6.07) is 10.6. The van der Waals surface area contributed by atoms with E-state index in [1.165, 1.54) is 6.07 Å². The van der Waals surface area contributed by atoms with Gasteiger partial charge in [0.15, 0.2) is 11.5 Å². The molecule has 0 radical (unpaired) electrons. The van der Waals surface area contributed by atoms with E-state index < -0.39 is 23.2 Å². The molecule has 0 unspecified atom stereocenters. The number of ether oxygens (including phenoxy) is 1. The second-order valence-electron chi connectivity index (χ2n) is 4.01. The van der Waals surface area contributed by atoms with Crippen LogP contribution in [0.4, 0.5) is 13.2 Å². The fourth-order valence-corrected chi connectivity index (χ4v) is 1.61. The summed E-state index contributed by atoms with van der Waals surface area (Å²) in [6.45, 7) is 1.06.